The van der Waals surface area contributed by atoms with Crippen molar-refractivity contribution in [1.82, 2.24) is 14.9 Å². The minimum Gasteiger partial charge on any atom is -0.489 e. The average Bonchev–Trinajstić information content (AvgIpc) is 2.95. The summed E-state index contributed by atoms with van der Waals surface area (Å²) in [4.78, 5) is 27.9. The first-order chi connectivity index (χ1) is 13.5. The molecule has 5 rings (SSSR count). The van der Waals surface area contributed by atoms with E-state index in [-0.39, 0.29) is 18.0 Å². The Labute approximate surface area is 162 Å². The SMILES string of the molecule is CN1C(=O)[C@]2(N=C1N)c1cc(-c3cncnc3)ccc1O[C@H]1CCOCC12C. The van der Waals surface area contributed by atoms with Crippen molar-refractivity contribution in [3.8, 4) is 16.9 Å². The summed E-state index contributed by atoms with van der Waals surface area (Å²) in [7, 11) is 1.65. The predicted molar refractivity (Wildman–Crippen MR) is 101 cm³/mol. The topological polar surface area (TPSA) is 103 Å². The van der Waals surface area contributed by atoms with Crippen LogP contribution in [0.25, 0.3) is 11.1 Å². The van der Waals surface area contributed by atoms with Crippen LogP contribution < -0.4 is 10.5 Å². The molecule has 0 saturated carbocycles. The van der Waals surface area contributed by atoms with Crippen LogP contribution in [0.3, 0.4) is 0 Å². The first-order valence-electron chi connectivity index (χ1n) is 9.25. The van der Waals surface area contributed by atoms with Crippen LogP contribution in [0, 0.1) is 5.41 Å². The Morgan fingerprint density at radius 1 is 1.25 bits per heavy atom. The summed E-state index contributed by atoms with van der Waals surface area (Å²) in [5.41, 5.74) is 6.70. The number of hydrogen-bond acceptors (Lipinski definition) is 7. The van der Waals surface area contributed by atoms with Crippen LogP contribution in [0.5, 0.6) is 5.75 Å². The molecular formula is C20H21N5O3. The van der Waals surface area contributed by atoms with Gasteiger partial charge in [-0.15, -0.1) is 0 Å². The Morgan fingerprint density at radius 2 is 2.04 bits per heavy atom. The molecule has 8 nitrogen and oxygen atoms in total. The Hall–Kier alpha value is -3.00. The maximum Gasteiger partial charge on any atom is 0.262 e. The molecule has 2 N–H and O–H groups in total. The van der Waals surface area contributed by atoms with Crippen LogP contribution in [0.2, 0.25) is 0 Å². The number of nitrogens with zero attached hydrogens (tertiary/aromatic N) is 4. The summed E-state index contributed by atoms with van der Waals surface area (Å²) in [6, 6.07) is 5.78. The number of aliphatic imine (C=N–C) groups is 1. The summed E-state index contributed by atoms with van der Waals surface area (Å²) in [5.74, 6) is 0.705. The third-order valence-electron chi connectivity index (χ3n) is 6.24. The van der Waals surface area contributed by atoms with E-state index in [0.29, 0.717) is 30.9 Å². The molecule has 3 aliphatic heterocycles. The molecule has 2 aromatic rings. The van der Waals surface area contributed by atoms with Crippen molar-refractivity contribution in [3.05, 3.63) is 42.5 Å². The Balaban J connectivity index is 1.78. The van der Waals surface area contributed by atoms with Crippen molar-refractivity contribution >= 4 is 11.9 Å². The quantitative estimate of drug-likeness (QED) is 0.801. The average molecular weight is 379 g/mol. The van der Waals surface area contributed by atoms with E-state index in [9.17, 15) is 4.79 Å². The lowest BCUT2D eigenvalue weighted by Gasteiger charge is -2.53. The normalized spacial score (nSPS) is 31.2. The molecule has 1 fully saturated rings. The molecule has 0 bridgehead atoms. The molecule has 8 heteroatoms. The van der Waals surface area contributed by atoms with E-state index in [0.717, 1.165) is 11.1 Å². The third-order valence-corrected chi connectivity index (χ3v) is 6.24. The molecule has 1 spiro atoms. The lowest BCUT2D eigenvalue weighted by molar-refractivity contribution is -0.159. The molecule has 1 amide bonds. The van der Waals surface area contributed by atoms with Gasteiger partial charge in [-0.25, -0.2) is 15.0 Å². The Bertz CT molecular complexity index is 995. The van der Waals surface area contributed by atoms with Gasteiger partial charge in [0.15, 0.2) is 11.5 Å². The summed E-state index contributed by atoms with van der Waals surface area (Å²) in [6.45, 7) is 2.96. The molecular weight excluding hydrogens is 358 g/mol. The summed E-state index contributed by atoms with van der Waals surface area (Å²) in [6.07, 6.45) is 5.46. The fraction of sp³-hybridized carbons (Fsp3) is 0.400. The minimum atomic E-state index is -1.18. The van der Waals surface area contributed by atoms with Gasteiger partial charge >= 0.3 is 0 Å². The molecule has 3 atom stereocenters. The number of likely N-dealkylation sites (N-methyl/N-ethyl adjacent to an activating group) is 1. The number of amides is 1. The van der Waals surface area contributed by atoms with E-state index >= 15 is 0 Å². The second-order valence-corrected chi connectivity index (χ2v) is 7.75. The number of aromatic nitrogens is 2. The fourth-order valence-electron chi connectivity index (χ4n) is 4.61. The zero-order valence-electron chi connectivity index (χ0n) is 15.8. The van der Waals surface area contributed by atoms with Gasteiger partial charge < -0.3 is 15.2 Å². The van der Waals surface area contributed by atoms with Gasteiger partial charge in [-0.05, 0) is 17.7 Å². The Morgan fingerprint density at radius 3 is 2.75 bits per heavy atom. The number of guanidine groups is 1. The highest BCUT2D eigenvalue weighted by molar-refractivity contribution is 6.08. The Kier molecular flexibility index (Phi) is 3.51. The molecule has 1 aromatic carbocycles. The molecule has 1 unspecified atom stereocenters. The minimum absolute atomic E-state index is 0.158. The van der Waals surface area contributed by atoms with E-state index < -0.39 is 11.0 Å². The molecule has 28 heavy (non-hydrogen) atoms. The third kappa shape index (κ3) is 2.03. The highest BCUT2D eigenvalue weighted by Crippen LogP contribution is 2.58. The van der Waals surface area contributed by atoms with Gasteiger partial charge in [0.1, 0.15) is 18.2 Å². The molecule has 1 saturated heterocycles. The number of nitrogens with two attached hydrogens (primary N) is 1. The van der Waals surface area contributed by atoms with E-state index in [4.69, 9.17) is 20.2 Å². The van der Waals surface area contributed by atoms with Crippen LogP contribution in [-0.2, 0) is 15.1 Å². The number of fused-ring (bicyclic) bond motifs is 4. The van der Waals surface area contributed by atoms with E-state index in [1.807, 2.05) is 25.1 Å². The number of benzene rings is 1. The van der Waals surface area contributed by atoms with Gasteiger partial charge in [0.25, 0.3) is 5.91 Å². The fourth-order valence-corrected chi connectivity index (χ4v) is 4.61. The summed E-state index contributed by atoms with van der Waals surface area (Å²) >= 11 is 0. The monoisotopic (exact) mass is 379 g/mol. The van der Waals surface area contributed by atoms with E-state index in [1.54, 1.807) is 19.4 Å². The van der Waals surface area contributed by atoms with Crippen LogP contribution in [0.1, 0.15) is 18.9 Å². The molecule has 3 aliphatic rings. The number of carbonyl (C=O) groups excluding carboxylic acids is 1. The molecule has 0 radical (unpaired) electrons. The van der Waals surface area contributed by atoms with Crippen molar-refractivity contribution in [2.75, 3.05) is 20.3 Å². The molecule has 4 heterocycles. The standard InChI is InChI=1S/C20H21N5O3/c1-19-10-27-6-5-16(19)28-15-4-3-12(13-8-22-11-23-9-13)7-14(15)20(19)17(26)25(2)18(21)24-20/h3-4,7-9,11,16H,5-6,10H2,1-2H3,(H2,21,24)/t16-,19?,20+/m0/s1. The number of carbonyl (C=O) groups is 1. The van der Waals surface area contributed by atoms with Gasteiger partial charge in [0, 0.05) is 37.0 Å². The smallest absolute Gasteiger partial charge is 0.262 e. The number of ether oxygens (including phenoxy) is 2. The largest absolute Gasteiger partial charge is 0.489 e. The van der Waals surface area contributed by atoms with Crippen molar-refractivity contribution in [2.45, 2.75) is 25.0 Å². The van der Waals surface area contributed by atoms with Gasteiger partial charge in [-0.1, -0.05) is 13.0 Å². The van der Waals surface area contributed by atoms with E-state index in [2.05, 4.69) is 9.97 Å². The number of hydrogen-bond donors (Lipinski definition) is 1. The van der Waals surface area contributed by atoms with Crippen LogP contribution in [0.4, 0.5) is 0 Å². The second-order valence-electron chi connectivity index (χ2n) is 7.75. The summed E-state index contributed by atoms with van der Waals surface area (Å²) < 4.78 is 12.1. The predicted octanol–water partition coefficient (Wildman–Crippen LogP) is 1.31. The summed E-state index contributed by atoms with van der Waals surface area (Å²) in [5, 5.41) is 0. The van der Waals surface area contributed by atoms with Crippen molar-refractivity contribution in [3.63, 3.8) is 0 Å². The van der Waals surface area contributed by atoms with Gasteiger partial charge in [-0.3, -0.25) is 9.69 Å². The van der Waals surface area contributed by atoms with Crippen LogP contribution >= 0.6 is 0 Å². The van der Waals surface area contributed by atoms with Gasteiger partial charge in [-0.2, -0.15) is 0 Å². The van der Waals surface area contributed by atoms with Crippen LogP contribution in [0.15, 0.2) is 41.9 Å². The first-order valence-corrected chi connectivity index (χ1v) is 9.25. The van der Waals surface area contributed by atoms with Gasteiger partial charge in [0.2, 0.25) is 0 Å². The van der Waals surface area contributed by atoms with Gasteiger partial charge in [0.05, 0.1) is 18.6 Å². The first kappa shape index (κ1) is 17.1. The maximum absolute atomic E-state index is 13.6. The molecule has 1 aromatic heterocycles. The highest BCUT2D eigenvalue weighted by atomic mass is 16.5. The lowest BCUT2D eigenvalue weighted by Crippen LogP contribution is -2.63. The van der Waals surface area contributed by atoms with E-state index in [1.165, 1.54) is 11.2 Å². The lowest BCUT2D eigenvalue weighted by atomic mass is 9.61. The van der Waals surface area contributed by atoms with Crippen molar-refractivity contribution < 1.29 is 14.3 Å². The van der Waals surface area contributed by atoms with Crippen molar-refractivity contribution in [1.29, 1.82) is 0 Å². The van der Waals surface area contributed by atoms with Crippen LogP contribution in [-0.4, -0.2) is 53.1 Å². The van der Waals surface area contributed by atoms with Crippen molar-refractivity contribution in [2.24, 2.45) is 16.1 Å². The zero-order chi connectivity index (χ0) is 19.5. The molecule has 144 valence electrons. The zero-order valence-corrected chi connectivity index (χ0v) is 15.8. The number of rotatable bonds is 1. The highest BCUT2D eigenvalue weighted by Gasteiger charge is 2.67. The second kappa shape index (κ2) is 5.75. The molecule has 0 aliphatic carbocycles. The maximum atomic E-state index is 13.6.